The van der Waals surface area contributed by atoms with Crippen LogP contribution in [-0.4, -0.2) is 30.8 Å². The van der Waals surface area contributed by atoms with Gasteiger partial charge in [-0.3, -0.25) is 9.59 Å². The number of aromatic nitrogens is 1. The molecule has 7 nitrogen and oxygen atoms in total. The van der Waals surface area contributed by atoms with E-state index in [-0.39, 0.29) is 22.1 Å². The Kier molecular flexibility index (Phi) is 8.04. The number of nitrogens with zero attached hydrogens (tertiary/aromatic N) is 2. The predicted molar refractivity (Wildman–Crippen MR) is 136 cm³/mol. The van der Waals surface area contributed by atoms with Gasteiger partial charge in [0.15, 0.2) is 26.2 Å². The Hall–Kier alpha value is -3.05. The molecule has 0 bridgehead atoms. The Labute approximate surface area is 213 Å². The number of ketones is 1. The first-order chi connectivity index (χ1) is 16.9. The van der Waals surface area contributed by atoms with Gasteiger partial charge in [0.05, 0.1) is 11.3 Å². The van der Waals surface area contributed by atoms with Crippen molar-refractivity contribution in [1.29, 1.82) is 5.26 Å². The first-order valence-corrected chi connectivity index (χ1v) is 14.0. The molecule has 36 heavy (non-hydrogen) atoms. The number of pyridine rings is 1. The summed E-state index contributed by atoms with van der Waals surface area (Å²) in [6.45, 7) is 9.87. The zero-order valence-corrected chi connectivity index (χ0v) is 22.4. The maximum absolute atomic E-state index is 13.8. The van der Waals surface area contributed by atoms with Gasteiger partial charge in [-0.15, -0.1) is 0 Å². The van der Waals surface area contributed by atoms with Gasteiger partial charge in [-0.25, -0.2) is 13.4 Å². The molecule has 1 aliphatic heterocycles. The van der Waals surface area contributed by atoms with Crippen LogP contribution >= 0.6 is 0 Å². The molecule has 2 unspecified atom stereocenters. The fourth-order valence-corrected chi connectivity index (χ4v) is 6.51. The van der Waals surface area contributed by atoms with E-state index in [2.05, 4.69) is 4.98 Å². The normalized spacial score (nSPS) is 18.5. The summed E-state index contributed by atoms with van der Waals surface area (Å²) in [6.07, 6.45) is 3.67. The molecule has 0 saturated carbocycles. The van der Waals surface area contributed by atoms with E-state index >= 15 is 0 Å². The summed E-state index contributed by atoms with van der Waals surface area (Å²) in [6, 6.07) is 11.7. The van der Waals surface area contributed by atoms with E-state index in [0.29, 0.717) is 18.4 Å². The average Bonchev–Trinajstić information content (AvgIpc) is 3.03. The second-order valence-corrected chi connectivity index (χ2v) is 12.5. The molecule has 1 aliphatic rings. The standard InChI is InChI=1S/C28H34N2O5S/c1-6-13-28(14-7-2)25(31)23(26(32)35-28)24(27(3,4)5)21-10-8-9-19(15-21)18-36(33,34)22-12-11-20(16-29)17-30-22/h8-12,15,17,23-24H,6-7,13-14,18H2,1-5H3. The lowest BCUT2D eigenvalue weighted by Crippen LogP contribution is -2.40. The van der Waals surface area contributed by atoms with Crippen LogP contribution < -0.4 is 0 Å². The third kappa shape index (κ3) is 5.52. The molecule has 0 spiro atoms. The molecule has 192 valence electrons. The van der Waals surface area contributed by atoms with Gasteiger partial charge in [0, 0.05) is 12.1 Å². The van der Waals surface area contributed by atoms with Gasteiger partial charge in [0.25, 0.3) is 0 Å². The number of benzene rings is 1. The van der Waals surface area contributed by atoms with Crippen LogP contribution in [0.1, 0.15) is 82.9 Å². The quantitative estimate of drug-likeness (QED) is 0.339. The minimum atomic E-state index is -3.77. The molecular formula is C28H34N2O5S. The number of hydrogen-bond donors (Lipinski definition) is 0. The summed E-state index contributed by atoms with van der Waals surface area (Å²) in [4.78, 5) is 30.9. The molecule has 0 amide bonds. The Morgan fingerprint density at radius 1 is 1.11 bits per heavy atom. The molecule has 0 aliphatic carbocycles. The maximum Gasteiger partial charge on any atom is 0.318 e. The van der Waals surface area contributed by atoms with Crippen molar-refractivity contribution >= 4 is 21.6 Å². The first kappa shape index (κ1) is 27.5. The molecule has 1 aromatic heterocycles. The largest absolute Gasteiger partial charge is 0.450 e. The Balaban J connectivity index is 1.99. The third-order valence-corrected chi connectivity index (χ3v) is 8.30. The summed E-state index contributed by atoms with van der Waals surface area (Å²) < 4.78 is 31.8. The van der Waals surface area contributed by atoms with Crippen LogP contribution in [0.3, 0.4) is 0 Å². The number of cyclic esters (lactones) is 1. The highest BCUT2D eigenvalue weighted by Gasteiger charge is 2.58. The number of ether oxygens (including phenoxy) is 1. The lowest BCUT2D eigenvalue weighted by atomic mass is 9.66. The molecule has 2 atom stereocenters. The van der Waals surface area contributed by atoms with Crippen LogP contribution in [0.4, 0.5) is 0 Å². The van der Waals surface area contributed by atoms with Gasteiger partial charge in [-0.05, 0) is 41.5 Å². The maximum atomic E-state index is 13.8. The van der Waals surface area contributed by atoms with Gasteiger partial charge in [0.1, 0.15) is 12.0 Å². The van der Waals surface area contributed by atoms with E-state index in [4.69, 9.17) is 10.00 Å². The summed E-state index contributed by atoms with van der Waals surface area (Å²) in [5, 5.41) is 8.82. The average molecular weight is 511 g/mol. The van der Waals surface area contributed by atoms with Gasteiger partial charge in [-0.2, -0.15) is 5.26 Å². The number of carbonyl (C=O) groups excluding carboxylic acids is 2. The van der Waals surface area contributed by atoms with Gasteiger partial charge < -0.3 is 4.74 Å². The van der Waals surface area contributed by atoms with Gasteiger partial charge >= 0.3 is 5.97 Å². The van der Waals surface area contributed by atoms with E-state index in [1.807, 2.05) is 46.8 Å². The SMILES string of the molecule is CCCC1(CCC)OC(=O)C(C(c2cccc(CS(=O)(=O)c3ccc(C#N)cn3)c2)C(C)(C)C)C1=O. The van der Waals surface area contributed by atoms with E-state index in [9.17, 15) is 18.0 Å². The second-order valence-electron chi connectivity index (χ2n) is 10.6. The molecule has 1 aromatic carbocycles. The smallest absolute Gasteiger partial charge is 0.318 e. The summed E-state index contributed by atoms with van der Waals surface area (Å²) in [7, 11) is -3.77. The van der Waals surface area contributed by atoms with Crippen molar-refractivity contribution in [3.63, 3.8) is 0 Å². The second kappa shape index (κ2) is 10.5. The van der Waals surface area contributed by atoms with Crippen molar-refractivity contribution in [1.82, 2.24) is 4.98 Å². The van der Waals surface area contributed by atoms with E-state index in [1.54, 1.807) is 18.2 Å². The molecule has 0 N–H and O–H groups in total. The zero-order chi connectivity index (χ0) is 26.7. The number of rotatable bonds is 9. The minimum absolute atomic E-state index is 0.113. The molecule has 3 rings (SSSR count). The number of esters is 1. The Bertz CT molecular complexity index is 1260. The highest BCUT2D eigenvalue weighted by Crippen LogP contribution is 2.48. The van der Waals surface area contributed by atoms with Crippen LogP contribution in [0.2, 0.25) is 0 Å². The fraction of sp³-hybridized carbons (Fsp3) is 0.500. The van der Waals surface area contributed by atoms with Gasteiger partial charge in [0.2, 0.25) is 0 Å². The molecule has 0 radical (unpaired) electrons. The number of carbonyl (C=O) groups is 2. The van der Waals surface area contributed by atoms with Crippen molar-refractivity contribution < 1.29 is 22.7 Å². The monoisotopic (exact) mass is 510 g/mol. The number of sulfone groups is 1. The van der Waals surface area contributed by atoms with Crippen molar-refractivity contribution in [2.24, 2.45) is 11.3 Å². The van der Waals surface area contributed by atoms with Gasteiger partial charge in [-0.1, -0.05) is 71.7 Å². The summed E-state index contributed by atoms with van der Waals surface area (Å²) >= 11 is 0. The predicted octanol–water partition coefficient (Wildman–Crippen LogP) is 5.14. The number of nitriles is 1. The van der Waals surface area contributed by atoms with Crippen molar-refractivity contribution in [2.45, 2.75) is 82.6 Å². The van der Waals surface area contributed by atoms with Crippen LogP contribution in [0.5, 0.6) is 0 Å². The Morgan fingerprint density at radius 2 is 1.78 bits per heavy atom. The molecule has 2 aromatic rings. The summed E-state index contributed by atoms with van der Waals surface area (Å²) in [5.74, 6) is -2.40. The van der Waals surface area contributed by atoms with Crippen molar-refractivity contribution in [3.8, 4) is 6.07 Å². The van der Waals surface area contributed by atoms with Crippen molar-refractivity contribution in [3.05, 3.63) is 59.3 Å². The van der Waals surface area contributed by atoms with Crippen LogP contribution in [0.25, 0.3) is 0 Å². The number of Topliss-reactive ketones (excluding diaryl/α,β-unsaturated/α-hetero) is 1. The third-order valence-electron chi connectivity index (χ3n) is 6.71. The lowest BCUT2D eigenvalue weighted by molar-refractivity contribution is -0.154. The fourth-order valence-electron chi connectivity index (χ4n) is 5.26. The van der Waals surface area contributed by atoms with Crippen molar-refractivity contribution in [2.75, 3.05) is 0 Å². The summed E-state index contributed by atoms with van der Waals surface area (Å²) in [5.41, 5.74) is -0.0294. The van der Waals surface area contributed by atoms with E-state index < -0.39 is 38.7 Å². The highest BCUT2D eigenvalue weighted by atomic mass is 32.2. The van der Waals surface area contributed by atoms with Crippen LogP contribution in [-0.2, 0) is 29.9 Å². The number of hydrogen-bond acceptors (Lipinski definition) is 7. The topological polar surface area (TPSA) is 114 Å². The van der Waals surface area contributed by atoms with Crippen LogP contribution in [0, 0.1) is 22.7 Å². The minimum Gasteiger partial charge on any atom is -0.450 e. The first-order valence-electron chi connectivity index (χ1n) is 12.3. The molecule has 8 heteroatoms. The van der Waals surface area contributed by atoms with Crippen LogP contribution in [0.15, 0.2) is 47.6 Å². The van der Waals surface area contributed by atoms with E-state index in [1.165, 1.54) is 18.3 Å². The Morgan fingerprint density at radius 3 is 2.31 bits per heavy atom. The highest BCUT2D eigenvalue weighted by molar-refractivity contribution is 7.90. The molecule has 1 saturated heterocycles. The molecular weight excluding hydrogens is 476 g/mol. The molecule has 1 fully saturated rings. The van der Waals surface area contributed by atoms with E-state index in [0.717, 1.165) is 18.4 Å². The zero-order valence-electron chi connectivity index (χ0n) is 21.6. The lowest BCUT2D eigenvalue weighted by Gasteiger charge is -2.34. The molecule has 2 heterocycles.